The Hall–Kier alpha value is -3.11. The molecule has 0 radical (unpaired) electrons. The molecule has 4 rings (SSSR count). The van der Waals surface area contributed by atoms with E-state index in [0.717, 1.165) is 30.1 Å². The van der Waals surface area contributed by atoms with Crippen LogP contribution in [0, 0.1) is 6.92 Å². The van der Waals surface area contributed by atoms with E-state index in [4.69, 9.17) is 4.74 Å². The highest BCUT2D eigenvalue weighted by Crippen LogP contribution is 2.23. The topological polar surface area (TPSA) is 91.8 Å². The van der Waals surface area contributed by atoms with E-state index in [9.17, 15) is 13.2 Å². The number of anilines is 2. The minimum absolute atomic E-state index is 0.0834. The summed E-state index contributed by atoms with van der Waals surface area (Å²) in [5.41, 5.74) is 2.78. The lowest BCUT2D eigenvalue weighted by Gasteiger charge is -2.36. The molecule has 1 fully saturated rings. The van der Waals surface area contributed by atoms with Gasteiger partial charge in [-0.3, -0.25) is 9.52 Å². The lowest BCUT2D eigenvalue weighted by atomic mass is 10.2. The number of thiazole rings is 1. The number of carbonyl (C=O) groups excluding carboxylic acids is 1. The molecule has 1 amide bonds. The fourth-order valence-electron chi connectivity index (χ4n) is 3.77. The van der Waals surface area contributed by atoms with Gasteiger partial charge in [0.15, 0.2) is 5.13 Å². The molecule has 0 aliphatic carbocycles. The Morgan fingerprint density at radius 3 is 2.56 bits per heavy atom. The first-order valence-electron chi connectivity index (χ1n) is 11.0. The van der Waals surface area contributed by atoms with Gasteiger partial charge in [-0.05, 0) is 37.6 Å². The number of benzene rings is 2. The van der Waals surface area contributed by atoms with Crippen molar-refractivity contribution in [3.05, 3.63) is 65.2 Å². The van der Waals surface area contributed by atoms with Crippen molar-refractivity contribution in [2.24, 2.45) is 0 Å². The zero-order chi connectivity index (χ0) is 24.1. The Morgan fingerprint density at radius 2 is 1.85 bits per heavy atom. The Labute approximate surface area is 204 Å². The van der Waals surface area contributed by atoms with Crippen LogP contribution in [0.5, 0.6) is 5.75 Å². The molecule has 2 aromatic carbocycles. The minimum Gasteiger partial charge on any atom is -0.497 e. The summed E-state index contributed by atoms with van der Waals surface area (Å²) in [5.74, 6) is 0.903. The highest BCUT2D eigenvalue weighted by atomic mass is 32.2. The maximum Gasteiger partial charge on any atom is 0.263 e. The fraction of sp³-hybridized carbons (Fsp3) is 0.333. The van der Waals surface area contributed by atoms with Crippen molar-refractivity contribution in [2.75, 3.05) is 42.9 Å². The number of amides is 1. The standard InChI is InChI=1S/C24H28N4O4S2/c1-18-6-9-22(10-7-18)34(30,31)26-24-25-19(17-33-24)8-11-23(29)28-14-12-27(13-15-28)20-4-3-5-21(16-20)32-2/h3-7,9-10,16-17H,8,11-15H2,1-2H3,(H,25,26). The summed E-state index contributed by atoms with van der Waals surface area (Å²) in [6.07, 6.45) is 0.810. The highest BCUT2D eigenvalue weighted by Gasteiger charge is 2.22. The van der Waals surface area contributed by atoms with E-state index < -0.39 is 10.0 Å². The molecule has 3 aromatic rings. The zero-order valence-electron chi connectivity index (χ0n) is 19.2. The van der Waals surface area contributed by atoms with Gasteiger partial charge in [0.1, 0.15) is 5.75 Å². The molecule has 1 aliphatic rings. The van der Waals surface area contributed by atoms with Crippen molar-refractivity contribution in [2.45, 2.75) is 24.7 Å². The van der Waals surface area contributed by atoms with Gasteiger partial charge in [0.2, 0.25) is 5.91 Å². The molecule has 0 atom stereocenters. The first kappa shape index (κ1) is 24.0. The summed E-state index contributed by atoms with van der Waals surface area (Å²) >= 11 is 1.22. The molecular formula is C24H28N4O4S2. The summed E-state index contributed by atoms with van der Waals surface area (Å²) in [6.45, 7) is 4.75. The lowest BCUT2D eigenvalue weighted by molar-refractivity contribution is -0.131. The van der Waals surface area contributed by atoms with Gasteiger partial charge in [0.05, 0.1) is 17.7 Å². The van der Waals surface area contributed by atoms with Crippen molar-refractivity contribution >= 4 is 38.1 Å². The Bertz CT molecular complexity index is 1230. The molecule has 1 saturated heterocycles. The zero-order valence-corrected chi connectivity index (χ0v) is 20.9. The summed E-state index contributed by atoms with van der Waals surface area (Å²) in [4.78, 5) is 21.4. The maximum absolute atomic E-state index is 12.7. The van der Waals surface area contributed by atoms with E-state index in [0.29, 0.717) is 36.8 Å². The first-order valence-corrected chi connectivity index (χ1v) is 13.4. The largest absolute Gasteiger partial charge is 0.497 e. The van der Waals surface area contributed by atoms with Crippen molar-refractivity contribution < 1.29 is 17.9 Å². The third kappa shape index (κ3) is 5.87. The minimum atomic E-state index is -3.69. The summed E-state index contributed by atoms with van der Waals surface area (Å²) in [6, 6.07) is 14.6. The predicted octanol–water partition coefficient (Wildman–Crippen LogP) is 3.54. The summed E-state index contributed by atoms with van der Waals surface area (Å²) in [5, 5.41) is 2.09. The first-order chi connectivity index (χ1) is 16.3. The smallest absolute Gasteiger partial charge is 0.263 e. The molecule has 2 heterocycles. The van der Waals surface area contributed by atoms with Crippen LogP contribution < -0.4 is 14.4 Å². The number of aromatic nitrogens is 1. The Balaban J connectivity index is 1.27. The quantitative estimate of drug-likeness (QED) is 0.509. The van der Waals surface area contributed by atoms with Crippen LogP contribution in [-0.2, 0) is 21.2 Å². The average Bonchev–Trinajstić information content (AvgIpc) is 3.29. The van der Waals surface area contributed by atoms with Crippen LogP contribution in [0.15, 0.2) is 58.8 Å². The Morgan fingerprint density at radius 1 is 1.12 bits per heavy atom. The number of carbonyl (C=O) groups is 1. The van der Waals surface area contributed by atoms with E-state index in [1.807, 2.05) is 36.1 Å². The number of ether oxygens (including phenoxy) is 1. The number of hydrogen-bond acceptors (Lipinski definition) is 7. The highest BCUT2D eigenvalue weighted by molar-refractivity contribution is 7.93. The molecular weight excluding hydrogens is 472 g/mol. The van der Waals surface area contributed by atoms with Gasteiger partial charge in [0, 0.05) is 49.7 Å². The SMILES string of the molecule is COc1cccc(N2CCN(C(=O)CCc3csc(NS(=O)(=O)c4ccc(C)cc4)n3)CC2)c1. The number of rotatable bonds is 8. The van der Waals surface area contributed by atoms with E-state index in [1.165, 1.54) is 11.3 Å². The number of aryl methyl sites for hydroxylation is 2. The summed E-state index contributed by atoms with van der Waals surface area (Å²) < 4.78 is 32.9. The second-order valence-electron chi connectivity index (χ2n) is 8.13. The number of piperazine rings is 1. The van der Waals surface area contributed by atoms with Crippen molar-refractivity contribution in [3.63, 3.8) is 0 Å². The van der Waals surface area contributed by atoms with Crippen molar-refractivity contribution in [1.82, 2.24) is 9.88 Å². The molecule has 0 unspecified atom stereocenters. The molecule has 180 valence electrons. The van der Waals surface area contributed by atoms with Crippen LogP contribution in [0.3, 0.4) is 0 Å². The van der Waals surface area contributed by atoms with Gasteiger partial charge in [-0.15, -0.1) is 11.3 Å². The van der Waals surface area contributed by atoms with E-state index >= 15 is 0 Å². The maximum atomic E-state index is 12.7. The average molecular weight is 501 g/mol. The van der Waals surface area contributed by atoms with Gasteiger partial charge in [-0.25, -0.2) is 13.4 Å². The second kappa shape index (κ2) is 10.4. The molecule has 8 nitrogen and oxygen atoms in total. The van der Waals surface area contributed by atoms with Crippen LogP contribution in [0.2, 0.25) is 0 Å². The monoisotopic (exact) mass is 500 g/mol. The molecule has 0 bridgehead atoms. The molecule has 34 heavy (non-hydrogen) atoms. The number of nitrogens with one attached hydrogen (secondary N) is 1. The van der Waals surface area contributed by atoms with Crippen molar-refractivity contribution in [3.8, 4) is 5.75 Å². The molecule has 1 N–H and O–H groups in total. The molecule has 1 aliphatic heterocycles. The Kier molecular flexibility index (Phi) is 7.38. The molecule has 0 spiro atoms. The molecule has 10 heteroatoms. The van der Waals surface area contributed by atoms with E-state index in [-0.39, 0.29) is 10.8 Å². The third-order valence-electron chi connectivity index (χ3n) is 5.75. The van der Waals surface area contributed by atoms with Gasteiger partial charge < -0.3 is 14.5 Å². The van der Waals surface area contributed by atoms with E-state index in [2.05, 4.69) is 14.6 Å². The van der Waals surface area contributed by atoms with Crippen molar-refractivity contribution in [1.29, 1.82) is 0 Å². The number of sulfonamides is 1. The number of nitrogens with zero attached hydrogens (tertiary/aromatic N) is 3. The summed E-state index contributed by atoms with van der Waals surface area (Å²) in [7, 11) is -2.03. The fourth-order valence-corrected chi connectivity index (χ4v) is 5.77. The molecule has 1 aromatic heterocycles. The van der Waals surface area contributed by atoms with Crippen LogP contribution in [0.4, 0.5) is 10.8 Å². The molecule has 0 saturated carbocycles. The van der Waals surface area contributed by atoms with Crippen LogP contribution in [0.1, 0.15) is 17.7 Å². The van der Waals surface area contributed by atoms with Gasteiger partial charge in [-0.1, -0.05) is 23.8 Å². The third-order valence-corrected chi connectivity index (χ3v) is 8.04. The predicted molar refractivity (Wildman–Crippen MR) is 134 cm³/mol. The number of hydrogen-bond donors (Lipinski definition) is 1. The van der Waals surface area contributed by atoms with Crippen LogP contribution in [-0.4, -0.2) is 57.5 Å². The second-order valence-corrected chi connectivity index (χ2v) is 10.7. The van der Waals surface area contributed by atoms with Crippen LogP contribution in [0.25, 0.3) is 0 Å². The van der Waals surface area contributed by atoms with Gasteiger partial charge >= 0.3 is 0 Å². The lowest BCUT2D eigenvalue weighted by Crippen LogP contribution is -2.48. The van der Waals surface area contributed by atoms with Gasteiger partial charge in [0.25, 0.3) is 10.0 Å². The number of methoxy groups -OCH3 is 1. The normalized spacial score (nSPS) is 14.2. The van der Waals surface area contributed by atoms with Gasteiger partial charge in [-0.2, -0.15) is 0 Å². The van der Waals surface area contributed by atoms with Crippen LogP contribution >= 0.6 is 11.3 Å². The van der Waals surface area contributed by atoms with E-state index in [1.54, 1.807) is 36.8 Å².